The minimum atomic E-state index is 0.946. The van der Waals surface area contributed by atoms with E-state index in [4.69, 9.17) is 9.97 Å². The van der Waals surface area contributed by atoms with Crippen molar-refractivity contribution in [3.8, 4) is 0 Å². The molecule has 4 aromatic rings. The van der Waals surface area contributed by atoms with Gasteiger partial charge in [-0.2, -0.15) is 0 Å². The summed E-state index contributed by atoms with van der Waals surface area (Å²) < 4.78 is 4.60. The standard InChI is InChI=1S/C20H22N4S2/c1-3-23-17-11-7-5-9-15(17)21-19(23)25-13-14-26-20-22-16-10-6-8-12-18(16)24(20)4-2/h5-12H,3-4,13-14H2,1-2H3. The fourth-order valence-corrected chi connectivity index (χ4v) is 5.33. The third-order valence-electron chi connectivity index (χ3n) is 4.42. The molecule has 0 aliphatic rings. The van der Waals surface area contributed by atoms with Gasteiger partial charge in [-0.1, -0.05) is 47.8 Å². The van der Waals surface area contributed by atoms with Crippen LogP contribution in [0.5, 0.6) is 0 Å². The highest BCUT2D eigenvalue weighted by Gasteiger charge is 2.11. The molecule has 0 radical (unpaired) electrons. The highest BCUT2D eigenvalue weighted by molar-refractivity contribution is 8.02. The van der Waals surface area contributed by atoms with Crippen LogP contribution < -0.4 is 0 Å². The maximum Gasteiger partial charge on any atom is 0.169 e. The summed E-state index contributed by atoms with van der Waals surface area (Å²) in [6.45, 7) is 6.25. The van der Waals surface area contributed by atoms with Crippen molar-refractivity contribution in [2.24, 2.45) is 0 Å². The van der Waals surface area contributed by atoms with E-state index in [0.29, 0.717) is 0 Å². The van der Waals surface area contributed by atoms with Crippen LogP contribution in [0.1, 0.15) is 13.8 Å². The van der Waals surface area contributed by atoms with Crippen molar-refractivity contribution in [3.63, 3.8) is 0 Å². The highest BCUT2D eigenvalue weighted by atomic mass is 32.2. The quantitative estimate of drug-likeness (QED) is 0.320. The van der Waals surface area contributed by atoms with Crippen LogP contribution in [-0.4, -0.2) is 30.6 Å². The molecule has 134 valence electrons. The first-order valence-electron chi connectivity index (χ1n) is 8.98. The van der Waals surface area contributed by atoms with Gasteiger partial charge in [0.25, 0.3) is 0 Å². The minimum absolute atomic E-state index is 0.946. The van der Waals surface area contributed by atoms with Crippen molar-refractivity contribution in [3.05, 3.63) is 48.5 Å². The average molecular weight is 383 g/mol. The number of nitrogens with zero attached hydrogens (tertiary/aromatic N) is 4. The van der Waals surface area contributed by atoms with E-state index in [0.717, 1.165) is 45.9 Å². The van der Waals surface area contributed by atoms with Crippen molar-refractivity contribution in [2.45, 2.75) is 37.2 Å². The zero-order valence-electron chi connectivity index (χ0n) is 15.1. The molecule has 26 heavy (non-hydrogen) atoms. The SMILES string of the molecule is CCn1c(SCCSc2nc3ccccc3n2CC)nc2ccccc21. The second kappa shape index (κ2) is 7.76. The van der Waals surface area contributed by atoms with Gasteiger partial charge < -0.3 is 9.13 Å². The average Bonchev–Trinajstić information content (AvgIpc) is 3.22. The van der Waals surface area contributed by atoms with Crippen molar-refractivity contribution >= 4 is 45.6 Å². The Balaban J connectivity index is 1.45. The molecule has 0 amide bonds. The van der Waals surface area contributed by atoms with E-state index in [1.54, 1.807) is 0 Å². The molecule has 0 N–H and O–H groups in total. The topological polar surface area (TPSA) is 35.6 Å². The maximum atomic E-state index is 4.79. The second-order valence-corrected chi connectivity index (χ2v) is 8.08. The number of benzene rings is 2. The zero-order valence-corrected chi connectivity index (χ0v) is 16.7. The third kappa shape index (κ3) is 3.23. The van der Waals surface area contributed by atoms with Crippen LogP contribution in [0.4, 0.5) is 0 Å². The van der Waals surface area contributed by atoms with Gasteiger partial charge >= 0.3 is 0 Å². The molecule has 0 atom stereocenters. The largest absolute Gasteiger partial charge is 0.319 e. The second-order valence-electron chi connectivity index (χ2n) is 5.95. The van der Waals surface area contributed by atoms with Crippen molar-refractivity contribution in [2.75, 3.05) is 11.5 Å². The third-order valence-corrected chi connectivity index (χ3v) is 6.63. The monoisotopic (exact) mass is 382 g/mol. The van der Waals surface area contributed by atoms with Crippen LogP contribution in [0.15, 0.2) is 58.8 Å². The molecular weight excluding hydrogens is 360 g/mol. The lowest BCUT2D eigenvalue weighted by Gasteiger charge is -2.07. The molecule has 2 heterocycles. The van der Waals surface area contributed by atoms with Gasteiger partial charge in [-0.3, -0.25) is 0 Å². The van der Waals surface area contributed by atoms with Crippen LogP contribution in [0.25, 0.3) is 22.1 Å². The Labute approximate surface area is 162 Å². The van der Waals surface area contributed by atoms with E-state index < -0.39 is 0 Å². The molecule has 0 spiro atoms. The molecule has 0 fully saturated rings. The first-order chi connectivity index (χ1) is 12.8. The number of hydrogen-bond donors (Lipinski definition) is 0. The Morgan fingerprint density at radius 1 is 0.692 bits per heavy atom. The molecule has 0 aliphatic heterocycles. The molecule has 0 aliphatic carbocycles. The number of rotatable bonds is 7. The molecule has 2 aromatic carbocycles. The van der Waals surface area contributed by atoms with E-state index in [-0.39, 0.29) is 0 Å². The normalized spacial score (nSPS) is 11.6. The molecular formula is C20H22N4S2. The molecule has 0 saturated carbocycles. The fraction of sp³-hybridized carbons (Fsp3) is 0.300. The Morgan fingerprint density at radius 3 is 1.54 bits per heavy atom. The van der Waals surface area contributed by atoms with E-state index >= 15 is 0 Å². The van der Waals surface area contributed by atoms with Crippen LogP contribution >= 0.6 is 23.5 Å². The van der Waals surface area contributed by atoms with Gasteiger partial charge in [0.2, 0.25) is 0 Å². The summed E-state index contributed by atoms with van der Waals surface area (Å²) in [6.07, 6.45) is 0. The van der Waals surface area contributed by atoms with E-state index in [2.05, 4.69) is 71.5 Å². The Kier molecular flexibility index (Phi) is 5.22. The van der Waals surface area contributed by atoms with Gasteiger partial charge in [0.05, 0.1) is 22.1 Å². The predicted molar refractivity (Wildman–Crippen MR) is 112 cm³/mol. The number of aromatic nitrogens is 4. The first kappa shape index (κ1) is 17.5. The number of aryl methyl sites for hydroxylation is 2. The summed E-state index contributed by atoms with van der Waals surface area (Å²) in [5.41, 5.74) is 4.60. The van der Waals surface area contributed by atoms with Gasteiger partial charge in [0.1, 0.15) is 0 Å². The Morgan fingerprint density at radius 2 is 1.12 bits per heavy atom. The molecule has 6 heteroatoms. The van der Waals surface area contributed by atoms with Gasteiger partial charge in [-0.15, -0.1) is 0 Å². The number of fused-ring (bicyclic) bond motifs is 2. The van der Waals surface area contributed by atoms with E-state index in [1.165, 1.54) is 11.0 Å². The van der Waals surface area contributed by atoms with Gasteiger partial charge in [0, 0.05) is 24.6 Å². The lowest BCUT2D eigenvalue weighted by molar-refractivity contribution is 0.702. The summed E-state index contributed by atoms with van der Waals surface area (Å²) in [4.78, 5) is 9.58. The number of hydrogen-bond acceptors (Lipinski definition) is 4. The Hall–Kier alpha value is -1.92. The van der Waals surface area contributed by atoms with Crippen LogP contribution in [0.2, 0.25) is 0 Å². The van der Waals surface area contributed by atoms with Gasteiger partial charge in [-0.25, -0.2) is 9.97 Å². The maximum absolute atomic E-state index is 4.79. The van der Waals surface area contributed by atoms with Crippen molar-refractivity contribution < 1.29 is 0 Å². The summed E-state index contributed by atoms with van der Waals surface area (Å²) in [6, 6.07) is 16.7. The predicted octanol–water partition coefficient (Wildman–Crippen LogP) is 5.31. The first-order valence-corrected chi connectivity index (χ1v) is 10.9. The molecule has 0 bridgehead atoms. The summed E-state index contributed by atoms with van der Waals surface area (Å²) >= 11 is 3.66. The zero-order chi connectivity index (χ0) is 17.9. The Bertz CT molecular complexity index is 951. The number of imidazole rings is 2. The molecule has 2 aromatic heterocycles. The summed E-state index contributed by atoms with van der Waals surface area (Å²) in [7, 11) is 0. The van der Waals surface area contributed by atoms with E-state index in [1.807, 2.05) is 23.5 Å². The van der Waals surface area contributed by atoms with Crippen LogP contribution in [0.3, 0.4) is 0 Å². The van der Waals surface area contributed by atoms with Crippen LogP contribution in [-0.2, 0) is 13.1 Å². The van der Waals surface area contributed by atoms with Gasteiger partial charge in [-0.05, 0) is 38.1 Å². The summed E-state index contributed by atoms with van der Waals surface area (Å²) in [5.74, 6) is 2.03. The highest BCUT2D eigenvalue weighted by Crippen LogP contribution is 2.27. The lowest BCUT2D eigenvalue weighted by atomic mass is 10.3. The summed E-state index contributed by atoms with van der Waals surface area (Å²) in [5, 5.41) is 2.22. The van der Waals surface area contributed by atoms with Crippen molar-refractivity contribution in [1.82, 2.24) is 19.1 Å². The number of para-hydroxylation sites is 4. The smallest absolute Gasteiger partial charge is 0.169 e. The van der Waals surface area contributed by atoms with Gasteiger partial charge in [0.15, 0.2) is 10.3 Å². The molecule has 0 unspecified atom stereocenters. The molecule has 4 nitrogen and oxygen atoms in total. The molecule has 4 rings (SSSR count). The van der Waals surface area contributed by atoms with Crippen molar-refractivity contribution in [1.29, 1.82) is 0 Å². The van der Waals surface area contributed by atoms with E-state index in [9.17, 15) is 0 Å². The van der Waals surface area contributed by atoms with Crippen LogP contribution in [0, 0.1) is 0 Å². The fourth-order valence-electron chi connectivity index (χ4n) is 3.20. The molecule has 0 saturated heterocycles. The minimum Gasteiger partial charge on any atom is -0.319 e. The lowest BCUT2D eigenvalue weighted by Crippen LogP contribution is -1.99. The number of thioether (sulfide) groups is 2.